The summed E-state index contributed by atoms with van der Waals surface area (Å²) in [7, 11) is 0. The first kappa shape index (κ1) is 11.8. The number of hydrogen-bond acceptors (Lipinski definition) is 2. The van der Waals surface area contributed by atoms with Gasteiger partial charge in [0, 0.05) is 35.1 Å². The Kier molecular flexibility index (Phi) is 3.35. The lowest BCUT2D eigenvalue weighted by atomic mass is 9.96. The van der Waals surface area contributed by atoms with E-state index in [1.807, 2.05) is 30.7 Å². The van der Waals surface area contributed by atoms with Gasteiger partial charge in [-0.25, -0.2) is 4.98 Å². The van der Waals surface area contributed by atoms with Gasteiger partial charge in [-0.3, -0.25) is 0 Å². The molecule has 2 heterocycles. The summed E-state index contributed by atoms with van der Waals surface area (Å²) in [5.41, 5.74) is 2.35. The zero-order chi connectivity index (χ0) is 12.4. The first-order valence-corrected chi connectivity index (χ1v) is 6.71. The minimum Gasteiger partial charge on any atom is -0.316 e. The summed E-state index contributed by atoms with van der Waals surface area (Å²) in [6.45, 7) is 2.16. The van der Waals surface area contributed by atoms with E-state index >= 15 is 0 Å². The van der Waals surface area contributed by atoms with E-state index in [9.17, 15) is 0 Å². The lowest BCUT2D eigenvalue weighted by Gasteiger charge is -2.23. The van der Waals surface area contributed by atoms with E-state index in [0.717, 1.165) is 23.8 Å². The zero-order valence-electron chi connectivity index (χ0n) is 10.1. The maximum atomic E-state index is 6.05. The van der Waals surface area contributed by atoms with Crippen LogP contribution in [0.1, 0.15) is 24.5 Å². The lowest BCUT2D eigenvalue weighted by Crippen LogP contribution is -2.29. The van der Waals surface area contributed by atoms with Crippen LogP contribution in [0.25, 0.3) is 5.69 Å². The van der Waals surface area contributed by atoms with E-state index in [2.05, 4.69) is 20.9 Å². The smallest absolute Gasteiger partial charge is 0.0994 e. The van der Waals surface area contributed by atoms with Crippen molar-refractivity contribution < 1.29 is 0 Å². The van der Waals surface area contributed by atoms with Crippen molar-refractivity contribution in [3.05, 3.63) is 47.5 Å². The monoisotopic (exact) mass is 261 g/mol. The summed E-state index contributed by atoms with van der Waals surface area (Å²) in [5, 5.41) is 4.20. The second-order valence-electron chi connectivity index (χ2n) is 4.71. The Morgan fingerprint density at radius 2 is 2.33 bits per heavy atom. The van der Waals surface area contributed by atoms with Crippen LogP contribution >= 0.6 is 11.6 Å². The number of rotatable bonds is 2. The molecule has 0 amide bonds. The molecule has 0 saturated carbocycles. The largest absolute Gasteiger partial charge is 0.316 e. The molecule has 1 unspecified atom stereocenters. The number of aromatic nitrogens is 2. The van der Waals surface area contributed by atoms with Crippen LogP contribution in [0.3, 0.4) is 0 Å². The summed E-state index contributed by atoms with van der Waals surface area (Å²) in [6, 6.07) is 7.90. The SMILES string of the molecule is Clc1cccc(-n2cncc2C2CCCNC2)c1. The molecular formula is C14H16ClN3. The van der Waals surface area contributed by atoms with E-state index in [1.54, 1.807) is 0 Å². The summed E-state index contributed by atoms with van der Waals surface area (Å²) >= 11 is 6.05. The molecule has 1 aromatic carbocycles. The van der Waals surface area contributed by atoms with Crippen LogP contribution in [0.15, 0.2) is 36.8 Å². The van der Waals surface area contributed by atoms with Crippen LogP contribution in [0.5, 0.6) is 0 Å². The highest BCUT2D eigenvalue weighted by molar-refractivity contribution is 6.30. The molecule has 0 bridgehead atoms. The zero-order valence-corrected chi connectivity index (χ0v) is 10.9. The van der Waals surface area contributed by atoms with Crippen molar-refractivity contribution in [2.45, 2.75) is 18.8 Å². The molecule has 1 aromatic heterocycles. The van der Waals surface area contributed by atoms with Crippen LogP contribution in [0, 0.1) is 0 Å². The molecule has 18 heavy (non-hydrogen) atoms. The fourth-order valence-corrected chi connectivity index (χ4v) is 2.74. The first-order chi connectivity index (χ1) is 8.84. The Bertz CT molecular complexity index is 529. The average molecular weight is 262 g/mol. The third-order valence-corrected chi connectivity index (χ3v) is 3.70. The maximum Gasteiger partial charge on any atom is 0.0994 e. The summed E-state index contributed by atoms with van der Waals surface area (Å²) in [6.07, 6.45) is 6.29. The molecule has 1 N–H and O–H groups in total. The van der Waals surface area contributed by atoms with Gasteiger partial charge in [-0.05, 0) is 37.6 Å². The summed E-state index contributed by atoms with van der Waals surface area (Å²) < 4.78 is 2.14. The second kappa shape index (κ2) is 5.12. The minimum atomic E-state index is 0.542. The Hall–Kier alpha value is -1.32. The van der Waals surface area contributed by atoms with Crippen LogP contribution in [-0.2, 0) is 0 Å². The molecule has 0 radical (unpaired) electrons. The molecule has 3 rings (SSSR count). The third kappa shape index (κ3) is 2.28. The van der Waals surface area contributed by atoms with Gasteiger partial charge >= 0.3 is 0 Å². The number of imidazole rings is 1. The molecular weight excluding hydrogens is 246 g/mol. The Morgan fingerprint density at radius 3 is 3.11 bits per heavy atom. The van der Waals surface area contributed by atoms with Gasteiger partial charge in [0.25, 0.3) is 0 Å². The molecule has 0 aliphatic carbocycles. The van der Waals surface area contributed by atoms with Crippen molar-refractivity contribution in [1.29, 1.82) is 0 Å². The molecule has 2 aromatic rings. The van der Waals surface area contributed by atoms with Gasteiger partial charge < -0.3 is 9.88 Å². The van der Waals surface area contributed by atoms with Crippen molar-refractivity contribution in [1.82, 2.24) is 14.9 Å². The van der Waals surface area contributed by atoms with Gasteiger partial charge in [-0.15, -0.1) is 0 Å². The molecule has 0 spiro atoms. The number of nitrogens with zero attached hydrogens (tertiary/aromatic N) is 2. The Labute approximate surface area is 112 Å². The van der Waals surface area contributed by atoms with Gasteiger partial charge in [0.05, 0.1) is 6.33 Å². The number of nitrogens with one attached hydrogen (secondary N) is 1. The molecule has 1 aliphatic heterocycles. The van der Waals surface area contributed by atoms with E-state index in [1.165, 1.54) is 18.5 Å². The van der Waals surface area contributed by atoms with Crippen molar-refractivity contribution in [2.75, 3.05) is 13.1 Å². The molecule has 1 atom stereocenters. The van der Waals surface area contributed by atoms with Crippen molar-refractivity contribution >= 4 is 11.6 Å². The predicted octanol–water partition coefficient (Wildman–Crippen LogP) is 2.99. The normalized spacial score (nSPS) is 19.9. The minimum absolute atomic E-state index is 0.542. The number of halogens is 1. The highest BCUT2D eigenvalue weighted by Crippen LogP contribution is 2.26. The maximum absolute atomic E-state index is 6.05. The number of hydrogen-bond donors (Lipinski definition) is 1. The molecule has 1 fully saturated rings. The molecule has 3 nitrogen and oxygen atoms in total. The third-order valence-electron chi connectivity index (χ3n) is 3.47. The van der Waals surface area contributed by atoms with Crippen molar-refractivity contribution in [2.24, 2.45) is 0 Å². The highest BCUT2D eigenvalue weighted by atomic mass is 35.5. The van der Waals surface area contributed by atoms with Crippen LogP contribution in [0.2, 0.25) is 5.02 Å². The fraction of sp³-hybridized carbons (Fsp3) is 0.357. The Morgan fingerprint density at radius 1 is 1.39 bits per heavy atom. The lowest BCUT2D eigenvalue weighted by molar-refractivity contribution is 0.451. The topological polar surface area (TPSA) is 29.9 Å². The van der Waals surface area contributed by atoms with E-state index in [0.29, 0.717) is 5.92 Å². The van der Waals surface area contributed by atoms with Gasteiger partial charge in [-0.1, -0.05) is 17.7 Å². The first-order valence-electron chi connectivity index (χ1n) is 6.33. The second-order valence-corrected chi connectivity index (χ2v) is 5.15. The van der Waals surface area contributed by atoms with Gasteiger partial charge in [-0.2, -0.15) is 0 Å². The standard InChI is InChI=1S/C14H16ClN3/c15-12-4-1-5-13(7-12)18-10-17-9-14(18)11-3-2-6-16-8-11/h1,4-5,7,9-11,16H,2-3,6,8H2. The molecule has 1 aliphatic rings. The van der Waals surface area contributed by atoms with E-state index in [-0.39, 0.29) is 0 Å². The Balaban J connectivity index is 1.95. The summed E-state index contributed by atoms with van der Waals surface area (Å²) in [4.78, 5) is 4.30. The van der Waals surface area contributed by atoms with Gasteiger partial charge in [0.1, 0.15) is 0 Å². The fourth-order valence-electron chi connectivity index (χ4n) is 2.55. The van der Waals surface area contributed by atoms with Crippen LogP contribution in [0.4, 0.5) is 0 Å². The summed E-state index contributed by atoms with van der Waals surface area (Å²) in [5.74, 6) is 0.542. The average Bonchev–Trinajstić information content (AvgIpc) is 2.89. The van der Waals surface area contributed by atoms with Gasteiger partial charge in [0.15, 0.2) is 0 Å². The molecule has 94 valence electrons. The highest BCUT2D eigenvalue weighted by Gasteiger charge is 2.19. The predicted molar refractivity (Wildman–Crippen MR) is 73.4 cm³/mol. The molecule has 1 saturated heterocycles. The van der Waals surface area contributed by atoms with Gasteiger partial charge in [0.2, 0.25) is 0 Å². The van der Waals surface area contributed by atoms with Crippen molar-refractivity contribution in [3.63, 3.8) is 0 Å². The quantitative estimate of drug-likeness (QED) is 0.901. The van der Waals surface area contributed by atoms with Crippen LogP contribution in [-0.4, -0.2) is 22.6 Å². The van der Waals surface area contributed by atoms with E-state index < -0.39 is 0 Å². The number of benzene rings is 1. The van der Waals surface area contributed by atoms with Crippen molar-refractivity contribution in [3.8, 4) is 5.69 Å². The van der Waals surface area contributed by atoms with Crippen LogP contribution < -0.4 is 5.32 Å². The van der Waals surface area contributed by atoms with E-state index in [4.69, 9.17) is 11.6 Å². The number of piperidine rings is 1. The molecule has 4 heteroatoms.